The van der Waals surface area contributed by atoms with Crippen molar-refractivity contribution in [1.82, 2.24) is 9.88 Å². The molecule has 2 heterocycles. The minimum atomic E-state index is -0.529. The summed E-state index contributed by atoms with van der Waals surface area (Å²) in [6.07, 6.45) is 1.79. The molecule has 5 nitrogen and oxygen atoms in total. The largest absolute Gasteiger partial charge is 0.354 e. The van der Waals surface area contributed by atoms with E-state index < -0.39 is 5.54 Å². The van der Waals surface area contributed by atoms with E-state index >= 15 is 0 Å². The van der Waals surface area contributed by atoms with Crippen molar-refractivity contribution in [3.8, 4) is 0 Å². The van der Waals surface area contributed by atoms with Gasteiger partial charge in [0.05, 0.1) is 17.6 Å². The molecular weight excluding hydrogens is 228 g/mol. The van der Waals surface area contributed by atoms with Crippen molar-refractivity contribution < 1.29 is 4.79 Å². The van der Waals surface area contributed by atoms with E-state index in [1.165, 1.54) is 0 Å². The van der Waals surface area contributed by atoms with Crippen LogP contribution in [0.2, 0.25) is 0 Å². The molecule has 0 radical (unpaired) electrons. The summed E-state index contributed by atoms with van der Waals surface area (Å²) in [5, 5.41) is 0. The van der Waals surface area contributed by atoms with Gasteiger partial charge in [-0.25, -0.2) is 0 Å². The summed E-state index contributed by atoms with van der Waals surface area (Å²) in [4.78, 5) is 20.4. The number of aromatic nitrogens is 1. The van der Waals surface area contributed by atoms with Crippen LogP contribution in [-0.2, 0) is 11.3 Å². The molecule has 1 fully saturated rings. The highest BCUT2D eigenvalue weighted by Crippen LogP contribution is 2.27. The Morgan fingerprint density at radius 1 is 1.39 bits per heavy atom. The summed E-state index contributed by atoms with van der Waals surface area (Å²) in [6.45, 7) is 5.88. The van der Waals surface area contributed by atoms with E-state index in [0.717, 1.165) is 24.5 Å². The van der Waals surface area contributed by atoms with E-state index in [1.54, 1.807) is 11.1 Å². The molecule has 0 spiro atoms. The second-order valence-corrected chi connectivity index (χ2v) is 5.15. The number of nitrogens with two attached hydrogens (primary N) is 1. The first-order chi connectivity index (χ1) is 8.46. The third kappa shape index (κ3) is 2.06. The molecule has 5 heteroatoms. The Hall–Kier alpha value is -1.62. The zero-order valence-corrected chi connectivity index (χ0v) is 11.2. The van der Waals surface area contributed by atoms with Crippen LogP contribution in [0.5, 0.6) is 0 Å². The van der Waals surface area contributed by atoms with Gasteiger partial charge >= 0.3 is 0 Å². The third-order valence-electron chi connectivity index (χ3n) is 3.53. The van der Waals surface area contributed by atoms with Crippen LogP contribution in [0.15, 0.2) is 18.3 Å². The van der Waals surface area contributed by atoms with Crippen molar-refractivity contribution in [2.45, 2.75) is 25.9 Å². The molecule has 1 amide bonds. The summed E-state index contributed by atoms with van der Waals surface area (Å²) in [6, 6.07) is 3.89. The van der Waals surface area contributed by atoms with Gasteiger partial charge in [-0.15, -0.1) is 0 Å². The van der Waals surface area contributed by atoms with Crippen LogP contribution >= 0.6 is 0 Å². The molecule has 0 unspecified atom stereocenters. The Labute approximate surface area is 108 Å². The average molecular weight is 248 g/mol. The first-order valence-corrected chi connectivity index (χ1v) is 6.15. The molecule has 0 aromatic carbocycles. The van der Waals surface area contributed by atoms with E-state index in [2.05, 4.69) is 9.88 Å². The fraction of sp³-hybridized carbons (Fsp3) is 0.538. The lowest BCUT2D eigenvalue weighted by Gasteiger charge is -2.46. The second-order valence-electron chi connectivity index (χ2n) is 5.15. The molecule has 2 rings (SSSR count). The molecule has 1 aromatic rings. The van der Waals surface area contributed by atoms with Crippen molar-refractivity contribution in [1.29, 1.82) is 0 Å². The van der Waals surface area contributed by atoms with Crippen molar-refractivity contribution in [2.24, 2.45) is 5.73 Å². The SMILES string of the molecule is CN1CCN(c2ccc(CN)nc2)C(C)(C)C1=O. The maximum Gasteiger partial charge on any atom is 0.247 e. The van der Waals surface area contributed by atoms with Crippen molar-refractivity contribution in [3.63, 3.8) is 0 Å². The molecule has 1 aromatic heterocycles. The zero-order chi connectivity index (χ0) is 13.3. The maximum absolute atomic E-state index is 12.2. The minimum Gasteiger partial charge on any atom is -0.354 e. The Kier molecular flexibility index (Phi) is 3.26. The predicted molar refractivity (Wildman–Crippen MR) is 71.2 cm³/mol. The highest BCUT2D eigenvalue weighted by molar-refractivity contribution is 5.90. The van der Waals surface area contributed by atoms with E-state index in [4.69, 9.17) is 5.73 Å². The molecular formula is C13H20N4O. The normalized spacial score (nSPS) is 19.2. The Morgan fingerprint density at radius 2 is 2.11 bits per heavy atom. The summed E-state index contributed by atoms with van der Waals surface area (Å²) in [7, 11) is 1.84. The van der Waals surface area contributed by atoms with Gasteiger partial charge in [0.25, 0.3) is 0 Å². The number of piperazine rings is 1. The lowest BCUT2D eigenvalue weighted by Crippen LogP contribution is -2.62. The van der Waals surface area contributed by atoms with E-state index in [1.807, 2.05) is 33.0 Å². The number of likely N-dealkylation sites (N-methyl/N-ethyl adjacent to an activating group) is 1. The number of rotatable bonds is 2. The Morgan fingerprint density at radius 3 is 2.67 bits per heavy atom. The fourth-order valence-corrected chi connectivity index (χ4v) is 2.36. The van der Waals surface area contributed by atoms with Crippen molar-refractivity contribution in [3.05, 3.63) is 24.0 Å². The van der Waals surface area contributed by atoms with Gasteiger partial charge in [0.15, 0.2) is 0 Å². The van der Waals surface area contributed by atoms with Gasteiger partial charge in [0.2, 0.25) is 5.91 Å². The Balaban J connectivity index is 2.29. The molecule has 0 atom stereocenters. The van der Waals surface area contributed by atoms with Gasteiger partial charge in [-0.05, 0) is 26.0 Å². The van der Waals surface area contributed by atoms with Crippen LogP contribution < -0.4 is 10.6 Å². The average Bonchev–Trinajstić information content (AvgIpc) is 2.36. The van der Waals surface area contributed by atoms with Crippen LogP contribution in [0.1, 0.15) is 19.5 Å². The molecule has 1 aliphatic heterocycles. The van der Waals surface area contributed by atoms with E-state index in [9.17, 15) is 4.79 Å². The fourth-order valence-electron chi connectivity index (χ4n) is 2.36. The third-order valence-corrected chi connectivity index (χ3v) is 3.53. The van der Waals surface area contributed by atoms with Crippen LogP contribution in [-0.4, -0.2) is 41.5 Å². The van der Waals surface area contributed by atoms with Gasteiger partial charge in [0.1, 0.15) is 5.54 Å². The monoisotopic (exact) mass is 248 g/mol. The topological polar surface area (TPSA) is 62.5 Å². The van der Waals surface area contributed by atoms with Gasteiger partial charge in [-0.3, -0.25) is 9.78 Å². The van der Waals surface area contributed by atoms with Gasteiger partial charge in [-0.2, -0.15) is 0 Å². The lowest BCUT2D eigenvalue weighted by molar-refractivity contribution is -0.136. The highest BCUT2D eigenvalue weighted by Gasteiger charge is 2.40. The molecule has 0 aliphatic carbocycles. The van der Waals surface area contributed by atoms with Crippen molar-refractivity contribution in [2.75, 3.05) is 25.0 Å². The smallest absolute Gasteiger partial charge is 0.247 e. The molecule has 2 N–H and O–H groups in total. The number of hydrogen-bond acceptors (Lipinski definition) is 4. The van der Waals surface area contributed by atoms with Crippen LogP contribution in [0.25, 0.3) is 0 Å². The van der Waals surface area contributed by atoms with E-state index in [0.29, 0.717) is 6.54 Å². The first-order valence-electron chi connectivity index (χ1n) is 6.15. The number of amides is 1. The van der Waals surface area contributed by atoms with Gasteiger partial charge in [0, 0.05) is 26.7 Å². The first kappa shape index (κ1) is 12.8. The van der Waals surface area contributed by atoms with Crippen LogP contribution in [0.3, 0.4) is 0 Å². The number of carbonyl (C=O) groups excluding carboxylic acids is 1. The number of pyridine rings is 1. The summed E-state index contributed by atoms with van der Waals surface area (Å²) >= 11 is 0. The van der Waals surface area contributed by atoms with Gasteiger partial charge in [-0.1, -0.05) is 0 Å². The minimum absolute atomic E-state index is 0.136. The molecule has 1 aliphatic rings. The second kappa shape index (κ2) is 4.57. The molecule has 0 bridgehead atoms. The maximum atomic E-state index is 12.2. The summed E-state index contributed by atoms with van der Waals surface area (Å²) < 4.78 is 0. The van der Waals surface area contributed by atoms with Gasteiger partial charge < -0.3 is 15.5 Å². The molecule has 1 saturated heterocycles. The van der Waals surface area contributed by atoms with Crippen LogP contribution in [0.4, 0.5) is 5.69 Å². The number of carbonyl (C=O) groups is 1. The molecule has 0 saturated carbocycles. The number of hydrogen-bond donors (Lipinski definition) is 1. The molecule has 18 heavy (non-hydrogen) atoms. The van der Waals surface area contributed by atoms with Crippen molar-refractivity contribution >= 4 is 11.6 Å². The number of anilines is 1. The number of nitrogens with zero attached hydrogens (tertiary/aromatic N) is 3. The predicted octanol–water partition coefficient (Wildman–Crippen LogP) is 0.597. The standard InChI is InChI=1S/C13H20N4O/c1-13(2)12(18)16(3)6-7-17(13)11-5-4-10(8-14)15-9-11/h4-5,9H,6-8,14H2,1-3H3. The van der Waals surface area contributed by atoms with E-state index in [-0.39, 0.29) is 5.91 Å². The van der Waals surface area contributed by atoms with Crippen LogP contribution in [0, 0.1) is 0 Å². The lowest BCUT2D eigenvalue weighted by atomic mass is 9.97. The molecule has 98 valence electrons. The summed E-state index contributed by atoms with van der Waals surface area (Å²) in [5.74, 6) is 0.136. The quantitative estimate of drug-likeness (QED) is 0.832. The summed E-state index contributed by atoms with van der Waals surface area (Å²) in [5.41, 5.74) is 6.84. The highest BCUT2D eigenvalue weighted by atomic mass is 16.2. The Bertz CT molecular complexity index is 441. The zero-order valence-electron chi connectivity index (χ0n) is 11.2.